The quantitative estimate of drug-likeness (QED) is 0.401. The van der Waals surface area contributed by atoms with E-state index in [1.165, 1.54) is 11.3 Å². The molecular formula is C26H30BrClN6O3S. The molecule has 0 unspecified atom stereocenters. The van der Waals surface area contributed by atoms with Gasteiger partial charge < -0.3 is 25.4 Å². The Kier molecular flexibility index (Phi) is 7.82. The first-order valence-electron chi connectivity index (χ1n) is 12.6. The molecule has 2 aliphatic rings. The zero-order chi connectivity index (χ0) is 27.1. The molecule has 0 spiro atoms. The number of carbonyl (C=O) groups excluding carboxylic acids is 3. The Labute approximate surface area is 238 Å². The van der Waals surface area contributed by atoms with E-state index in [2.05, 4.69) is 48.5 Å². The summed E-state index contributed by atoms with van der Waals surface area (Å²) in [6.07, 6.45) is 2.44. The van der Waals surface area contributed by atoms with Crippen molar-refractivity contribution < 1.29 is 14.4 Å². The third-order valence-electron chi connectivity index (χ3n) is 7.31. The summed E-state index contributed by atoms with van der Waals surface area (Å²) in [4.78, 5) is 52.1. The van der Waals surface area contributed by atoms with E-state index >= 15 is 0 Å². The van der Waals surface area contributed by atoms with Crippen molar-refractivity contribution in [1.29, 1.82) is 0 Å². The standard InChI is InChI=1S/C26H30BrClN6O3S/c1-33(2)26(37)13-4-6-17(30-23(35)22-21(27)15-11-14(28)5-7-16(15)29-22)19(10-13)31-24(36)25-32-18-8-9-34(3)12-20(18)38-25/h5,7,11,13,17,19,29H,4,6,8-10,12H2,1-3H3,(H,30,35)(H,31,36)/t13-,17-,19-/m1/s1. The molecule has 1 saturated carbocycles. The number of H-pyrrole nitrogens is 1. The second-order valence-electron chi connectivity index (χ2n) is 10.3. The Hall–Kier alpha value is -2.47. The van der Waals surface area contributed by atoms with E-state index < -0.39 is 6.04 Å². The number of halogens is 2. The van der Waals surface area contributed by atoms with E-state index in [1.807, 2.05) is 6.07 Å². The summed E-state index contributed by atoms with van der Waals surface area (Å²) in [5.74, 6) is -0.769. The molecule has 0 saturated heterocycles. The van der Waals surface area contributed by atoms with Gasteiger partial charge in [0.05, 0.1) is 16.2 Å². The van der Waals surface area contributed by atoms with Crippen LogP contribution in [0.25, 0.3) is 10.9 Å². The molecule has 38 heavy (non-hydrogen) atoms. The van der Waals surface area contributed by atoms with Gasteiger partial charge in [-0.05, 0) is 60.4 Å². The Morgan fingerprint density at radius 2 is 1.95 bits per heavy atom. The van der Waals surface area contributed by atoms with Gasteiger partial charge in [0.1, 0.15) is 5.69 Å². The fraction of sp³-hybridized carbons (Fsp3) is 0.462. The number of amides is 3. The summed E-state index contributed by atoms with van der Waals surface area (Å²) in [5, 5.41) is 8.02. The van der Waals surface area contributed by atoms with Crippen LogP contribution in [-0.2, 0) is 17.8 Å². The molecule has 9 nitrogen and oxygen atoms in total. The van der Waals surface area contributed by atoms with Gasteiger partial charge in [-0.2, -0.15) is 0 Å². The van der Waals surface area contributed by atoms with Crippen LogP contribution in [0.15, 0.2) is 22.7 Å². The highest BCUT2D eigenvalue weighted by Crippen LogP contribution is 2.32. The maximum absolute atomic E-state index is 13.4. The number of aromatic nitrogens is 2. The number of nitrogens with one attached hydrogen (secondary N) is 3. The van der Waals surface area contributed by atoms with Crippen LogP contribution in [0.4, 0.5) is 0 Å². The number of benzene rings is 1. The summed E-state index contributed by atoms with van der Waals surface area (Å²) in [7, 11) is 5.53. The van der Waals surface area contributed by atoms with Crippen molar-refractivity contribution in [1.82, 2.24) is 30.4 Å². The summed E-state index contributed by atoms with van der Waals surface area (Å²) < 4.78 is 0.628. The fourth-order valence-corrected chi connectivity index (χ4v) is 7.14. The molecule has 3 amide bonds. The van der Waals surface area contributed by atoms with Crippen molar-refractivity contribution >= 4 is 67.5 Å². The van der Waals surface area contributed by atoms with Crippen molar-refractivity contribution in [2.45, 2.75) is 44.3 Å². The topological polar surface area (TPSA) is 110 Å². The Morgan fingerprint density at radius 3 is 2.71 bits per heavy atom. The van der Waals surface area contributed by atoms with Crippen molar-refractivity contribution in [3.8, 4) is 0 Å². The number of fused-ring (bicyclic) bond motifs is 2. The van der Waals surface area contributed by atoms with E-state index in [0.717, 1.165) is 41.0 Å². The van der Waals surface area contributed by atoms with E-state index in [4.69, 9.17) is 11.6 Å². The zero-order valence-electron chi connectivity index (χ0n) is 21.4. The predicted molar refractivity (Wildman–Crippen MR) is 152 cm³/mol. The lowest BCUT2D eigenvalue weighted by Crippen LogP contribution is -2.56. The van der Waals surface area contributed by atoms with Gasteiger partial charge in [0.25, 0.3) is 11.8 Å². The summed E-state index contributed by atoms with van der Waals surface area (Å²) >= 11 is 11.1. The first-order chi connectivity index (χ1) is 18.1. The number of aromatic amines is 1. The molecule has 5 rings (SSSR count). The minimum absolute atomic E-state index is 0.0250. The molecule has 202 valence electrons. The lowest BCUT2D eigenvalue weighted by molar-refractivity contribution is -0.134. The first kappa shape index (κ1) is 27.1. The fourth-order valence-electron chi connectivity index (χ4n) is 5.27. The highest BCUT2D eigenvalue weighted by Gasteiger charge is 2.37. The van der Waals surface area contributed by atoms with Gasteiger partial charge in [0.15, 0.2) is 5.01 Å². The van der Waals surface area contributed by atoms with Gasteiger partial charge in [-0.15, -0.1) is 11.3 Å². The molecule has 1 aliphatic carbocycles. The molecule has 3 atom stereocenters. The molecule has 3 N–H and O–H groups in total. The smallest absolute Gasteiger partial charge is 0.280 e. The van der Waals surface area contributed by atoms with E-state index in [1.54, 1.807) is 31.1 Å². The van der Waals surface area contributed by atoms with E-state index in [-0.39, 0.29) is 29.7 Å². The monoisotopic (exact) mass is 620 g/mol. The first-order valence-corrected chi connectivity index (χ1v) is 14.6. The number of likely N-dealkylation sites (N-methyl/N-ethyl adjacent to an activating group) is 1. The molecule has 3 aromatic rings. The number of thiazole rings is 1. The van der Waals surface area contributed by atoms with Crippen LogP contribution < -0.4 is 10.6 Å². The van der Waals surface area contributed by atoms with Crippen LogP contribution in [0.1, 0.15) is 50.1 Å². The second kappa shape index (κ2) is 11.0. The van der Waals surface area contributed by atoms with Crippen LogP contribution in [0.2, 0.25) is 5.02 Å². The third kappa shape index (κ3) is 5.47. The molecule has 3 heterocycles. The minimum atomic E-state index is -0.421. The van der Waals surface area contributed by atoms with Crippen LogP contribution in [-0.4, -0.2) is 77.3 Å². The molecule has 12 heteroatoms. The van der Waals surface area contributed by atoms with Gasteiger partial charge in [-0.3, -0.25) is 14.4 Å². The molecular weight excluding hydrogens is 592 g/mol. The lowest BCUT2D eigenvalue weighted by Gasteiger charge is -2.37. The van der Waals surface area contributed by atoms with E-state index in [9.17, 15) is 14.4 Å². The third-order valence-corrected chi connectivity index (χ3v) is 9.45. The highest BCUT2D eigenvalue weighted by atomic mass is 79.9. The average molecular weight is 622 g/mol. The van der Waals surface area contributed by atoms with Crippen molar-refractivity contribution in [2.24, 2.45) is 5.92 Å². The Morgan fingerprint density at radius 1 is 1.18 bits per heavy atom. The highest BCUT2D eigenvalue weighted by molar-refractivity contribution is 9.10. The summed E-state index contributed by atoms with van der Waals surface area (Å²) in [6, 6.07) is 4.61. The maximum atomic E-state index is 13.4. The van der Waals surface area contributed by atoms with Gasteiger partial charge in [-0.25, -0.2) is 4.98 Å². The maximum Gasteiger partial charge on any atom is 0.280 e. The lowest BCUT2D eigenvalue weighted by atomic mass is 9.81. The molecule has 1 aliphatic heterocycles. The van der Waals surface area contributed by atoms with Crippen LogP contribution >= 0.6 is 38.9 Å². The number of carbonyl (C=O) groups is 3. The molecule has 0 radical (unpaired) electrons. The molecule has 1 aromatic carbocycles. The Balaban J connectivity index is 1.36. The zero-order valence-corrected chi connectivity index (χ0v) is 24.6. The largest absolute Gasteiger partial charge is 0.350 e. The van der Waals surface area contributed by atoms with Crippen molar-refractivity contribution in [3.63, 3.8) is 0 Å². The second-order valence-corrected chi connectivity index (χ2v) is 12.6. The average Bonchev–Trinajstić information content (AvgIpc) is 3.45. The van der Waals surface area contributed by atoms with Gasteiger partial charge in [0.2, 0.25) is 5.91 Å². The molecule has 0 bridgehead atoms. The minimum Gasteiger partial charge on any atom is -0.350 e. The van der Waals surface area contributed by atoms with Crippen LogP contribution in [0.3, 0.4) is 0 Å². The molecule has 2 aromatic heterocycles. The van der Waals surface area contributed by atoms with Gasteiger partial charge >= 0.3 is 0 Å². The normalized spacial score (nSPS) is 21.7. The summed E-state index contributed by atoms with van der Waals surface area (Å²) in [6.45, 7) is 1.70. The SMILES string of the molecule is CN1CCc2nc(C(=O)N[C@@H]3C[C@H](C(=O)N(C)C)CC[C@H]3NC(=O)c3[nH]c4ccc(Cl)cc4c3Br)sc2C1. The van der Waals surface area contributed by atoms with Crippen LogP contribution in [0.5, 0.6) is 0 Å². The van der Waals surface area contributed by atoms with Crippen LogP contribution in [0, 0.1) is 5.92 Å². The van der Waals surface area contributed by atoms with Crippen molar-refractivity contribution in [3.05, 3.63) is 49.0 Å². The van der Waals surface area contributed by atoms with Crippen molar-refractivity contribution in [2.75, 3.05) is 27.7 Å². The number of hydrogen-bond donors (Lipinski definition) is 3. The molecule has 1 fully saturated rings. The summed E-state index contributed by atoms with van der Waals surface area (Å²) in [5.41, 5.74) is 2.15. The number of hydrogen-bond acceptors (Lipinski definition) is 6. The Bertz CT molecular complexity index is 1410. The number of rotatable bonds is 5. The van der Waals surface area contributed by atoms with E-state index in [0.29, 0.717) is 39.5 Å². The van der Waals surface area contributed by atoms with Gasteiger partial charge in [0, 0.05) is 66.4 Å². The van der Waals surface area contributed by atoms with Gasteiger partial charge in [-0.1, -0.05) is 11.6 Å². The predicted octanol–water partition coefficient (Wildman–Crippen LogP) is 3.81. The number of nitrogens with zero attached hydrogens (tertiary/aromatic N) is 3.